The molecule has 2 aromatic carbocycles. The average Bonchev–Trinajstić information content (AvgIpc) is 2.36. The highest BCUT2D eigenvalue weighted by Crippen LogP contribution is 2.28. The lowest BCUT2D eigenvalue weighted by atomic mass is 10.0. The topological polar surface area (TPSA) is 33.0 Å². The lowest BCUT2D eigenvalue weighted by molar-refractivity contribution is 0.367. The van der Waals surface area contributed by atoms with Crippen molar-refractivity contribution < 1.29 is 4.74 Å². The van der Waals surface area contributed by atoms with Crippen LogP contribution in [0.15, 0.2) is 49.1 Å². The molecule has 0 aliphatic rings. The first-order valence-electron chi connectivity index (χ1n) is 5.02. The zero-order valence-corrected chi connectivity index (χ0v) is 8.81. The quantitative estimate of drug-likeness (QED) is 0.727. The first-order chi connectivity index (χ1) is 7.86. The average molecular weight is 209 g/mol. The van der Waals surface area contributed by atoms with Gasteiger partial charge in [0.1, 0.15) is 12.4 Å². The minimum Gasteiger partial charge on any atom is -0.489 e. The summed E-state index contributed by atoms with van der Waals surface area (Å²) in [5.41, 5.74) is 0.668. The summed E-state index contributed by atoms with van der Waals surface area (Å²) < 4.78 is 5.54. The van der Waals surface area contributed by atoms with Gasteiger partial charge in [0.15, 0.2) is 0 Å². The van der Waals surface area contributed by atoms with Gasteiger partial charge < -0.3 is 4.74 Å². The van der Waals surface area contributed by atoms with Gasteiger partial charge in [-0.2, -0.15) is 5.26 Å². The fourth-order valence-electron chi connectivity index (χ4n) is 1.64. The van der Waals surface area contributed by atoms with E-state index in [0.717, 1.165) is 16.5 Å². The van der Waals surface area contributed by atoms with Gasteiger partial charge in [0.2, 0.25) is 0 Å². The molecule has 0 spiro atoms. The van der Waals surface area contributed by atoms with Gasteiger partial charge in [0.05, 0.1) is 11.6 Å². The highest BCUT2D eigenvalue weighted by Gasteiger charge is 2.05. The molecule has 0 unspecified atom stereocenters. The summed E-state index contributed by atoms with van der Waals surface area (Å²) in [6.45, 7) is 4.08. The summed E-state index contributed by atoms with van der Waals surface area (Å²) in [5, 5.41) is 10.9. The van der Waals surface area contributed by atoms with Crippen molar-refractivity contribution in [3.8, 4) is 11.8 Å². The van der Waals surface area contributed by atoms with E-state index >= 15 is 0 Å². The minimum atomic E-state index is 0.468. The van der Waals surface area contributed by atoms with Crippen LogP contribution < -0.4 is 4.74 Å². The second-order valence-electron chi connectivity index (χ2n) is 3.37. The van der Waals surface area contributed by atoms with Crippen molar-refractivity contribution >= 4 is 10.8 Å². The number of ether oxygens (including phenoxy) is 1. The molecular weight excluding hydrogens is 198 g/mol. The van der Waals surface area contributed by atoms with Crippen molar-refractivity contribution in [3.05, 3.63) is 54.6 Å². The highest BCUT2D eigenvalue weighted by atomic mass is 16.5. The Morgan fingerprint density at radius 1 is 1.19 bits per heavy atom. The van der Waals surface area contributed by atoms with Gasteiger partial charge in [-0.15, -0.1) is 0 Å². The Morgan fingerprint density at radius 2 is 1.94 bits per heavy atom. The summed E-state index contributed by atoms with van der Waals surface area (Å²) in [7, 11) is 0. The van der Waals surface area contributed by atoms with Crippen molar-refractivity contribution in [1.82, 2.24) is 0 Å². The van der Waals surface area contributed by atoms with Gasteiger partial charge >= 0.3 is 0 Å². The second-order valence-corrected chi connectivity index (χ2v) is 3.37. The molecule has 0 aliphatic heterocycles. The normalized spacial score (nSPS) is 9.69. The third kappa shape index (κ3) is 1.76. The van der Waals surface area contributed by atoms with Gasteiger partial charge in [0.25, 0.3) is 0 Å². The van der Waals surface area contributed by atoms with E-state index in [-0.39, 0.29) is 0 Å². The molecule has 0 aliphatic carbocycles. The Balaban J connectivity index is 2.61. The van der Waals surface area contributed by atoms with Crippen LogP contribution in [0.25, 0.3) is 10.8 Å². The number of nitriles is 1. The largest absolute Gasteiger partial charge is 0.489 e. The molecule has 0 radical (unpaired) electrons. The molecule has 0 heterocycles. The summed E-state index contributed by atoms with van der Waals surface area (Å²) in [6.07, 6.45) is 1.70. The number of hydrogen-bond donors (Lipinski definition) is 0. The lowest BCUT2D eigenvalue weighted by Crippen LogP contribution is -1.94. The molecule has 2 rings (SSSR count). The molecule has 0 saturated heterocycles. The van der Waals surface area contributed by atoms with Gasteiger partial charge in [-0.3, -0.25) is 0 Å². The van der Waals surface area contributed by atoms with Crippen LogP contribution in [0, 0.1) is 11.3 Å². The zero-order valence-electron chi connectivity index (χ0n) is 8.81. The Labute approximate surface area is 94.4 Å². The Kier molecular flexibility index (Phi) is 2.88. The summed E-state index contributed by atoms with van der Waals surface area (Å²) in [5.74, 6) is 0.787. The maximum Gasteiger partial charge on any atom is 0.127 e. The van der Waals surface area contributed by atoms with E-state index in [0.29, 0.717) is 12.2 Å². The van der Waals surface area contributed by atoms with Crippen molar-refractivity contribution in [2.45, 2.75) is 0 Å². The van der Waals surface area contributed by atoms with E-state index < -0.39 is 0 Å². The van der Waals surface area contributed by atoms with E-state index in [1.54, 1.807) is 12.1 Å². The molecule has 0 N–H and O–H groups in total. The van der Waals surface area contributed by atoms with Crippen LogP contribution in [0.1, 0.15) is 5.56 Å². The van der Waals surface area contributed by atoms with Crippen molar-refractivity contribution in [2.24, 2.45) is 0 Å². The molecule has 0 amide bonds. The van der Waals surface area contributed by atoms with E-state index in [1.165, 1.54) is 0 Å². The Morgan fingerprint density at radius 3 is 2.62 bits per heavy atom. The lowest BCUT2D eigenvalue weighted by Gasteiger charge is -2.08. The van der Waals surface area contributed by atoms with Crippen LogP contribution in [0.4, 0.5) is 0 Å². The fraction of sp³-hybridized carbons (Fsp3) is 0.0714. The van der Waals surface area contributed by atoms with E-state index in [4.69, 9.17) is 10.00 Å². The second kappa shape index (κ2) is 4.50. The molecule has 16 heavy (non-hydrogen) atoms. The van der Waals surface area contributed by atoms with E-state index in [9.17, 15) is 0 Å². The molecule has 0 saturated carbocycles. The highest BCUT2D eigenvalue weighted by molar-refractivity contribution is 5.92. The van der Waals surface area contributed by atoms with Crippen molar-refractivity contribution in [2.75, 3.05) is 6.61 Å². The van der Waals surface area contributed by atoms with Gasteiger partial charge in [-0.05, 0) is 12.1 Å². The van der Waals surface area contributed by atoms with Crippen LogP contribution in [-0.4, -0.2) is 6.61 Å². The third-order valence-corrected chi connectivity index (χ3v) is 2.36. The maximum atomic E-state index is 9.00. The van der Waals surface area contributed by atoms with Crippen LogP contribution in [-0.2, 0) is 0 Å². The predicted octanol–water partition coefficient (Wildman–Crippen LogP) is 3.28. The first-order valence-corrected chi connectivity index (χ1v) is 5.02. The van der Waals surface area contributed by atoms with Crippen LogP contribution in [0.2, 0.25) is 0 Å². The summed E-state index contributed by atoms with van der Waals surface area (Å²) >= 11 is 0. The molecule has 2 heteroatoms. The molecule has 2 aromatic rings. The zero-order chi connectivity index (χ0) is 11.4. The molecule has 0 atom stereocenters. The molecule has 0 aromatic heterocycles. The fourth-order valence-corrected chi connectivity index (χ4v) is 1.64. The van der Waals surface area contributed by atoms with Crippen molar-refractivity contribution in [1.29, 1.82) is 5.26 Å². The molecule has 0 fully saturated rings. The summed E-state index contributed by atoms with van der Waals surface area (Å²) in [4.78, 5) is 0. The number of hydrogen-bond acceptors (Lipinski definition) is 2. The summed E-state index contributed by atoms with van der Waals surface area (Å²) in [6, 6.07) is 13.5. The molecule has 2 nitrogen and oxygen atoms in total. The van der Waals surface area contributed by atoms with Crippen LogP contribution in [0.5, 0.6) is 5.75 Å². The number of benzene rings is 2. The maximum absolute atomic E-state index is 9.00. The standard InChI is InChI=1S/C14H11NO/c1-2-9-16-14-8-7-11(10-15)12-5-3-4-6-13(12)14/h2-8H,1,9H2. The van der Waals surface area contributed by atoms with E-state index in [2.05, 4.69) is 12.6 Å². The minimum absolute atomic E-state index is 0.468. The Bertz CT molecular complexity index is 566. The first kappa shape index (κ1) is 10.3. The van der Waals surface area contributed by atoms with Gasteiger partial charge in [-0.1, -0.05) is 36.9 Å². The SMILES string of the molecule is C=CCOc1ccc(C#N)c2ccccc12. The van der Waals surface area contributed by atoms with Crippen molar-refractivity contribution in [3.63, 3.8) is 0 Å². The number of rotatable bonds is 3. The monoisotopic (exact) mass is 209 g/mol. The van der Waals surface area contributed by atoms with Gasteiger partial charge in [0, 0.05) is 10.8 Å². The van der Waals surface area contributed by atoms with Crippen LogP contribution in [0.3, 0.4) is 0 Å². The molecular formula is C14H11NO. The predicted molar refractivity (Wildman–Crippen MR) is 64.4 cm³/mol. The number of nitrogens with zero attached hydrogens (tertiary/aromatic N) is 1. The van der Waals surface area contributed by atoms with E-state index in [1.807, 2.05) is 30.3 Å². The molecule has 0 bridgehead atoms. The van der Waals surface area contributed by atoms with Crippen LogP contribution >= 0.6 is 0 Å². The third-order valence-electron chi connectivity index (χ3n) is 2.36. The smallest absolute Gasteiger partial charge is 0.127 e. The van der Waals surface area contributed by atoms with Gasteiger partial charge in [-0.25, -0.2) is 0 Å². The number of fused-ring (bicyclic) bond motifs is 1. The Hall–Kier alpha value is -2.27. The molecule has 78 valence electrons.